The predicted molar refractivity (Wildman–Crippen MR) is 111 cm³/mol. The number of hydrogen-bond donors (Lipinski definition) is 0. The van der Waals surface area contributed by atoms with Crippen LogP contribution in [-0.4, -0.2) is 29.3 Å². The molecular weight excluding hydrogens is 348 g/mol. The van der Waals surface area contributed by atoms with Crippen LogP contribution in [0.1, 0.15) is 70.6 Å². The molecule has 0 radical (unpaired) electrons. The number of nitrogens with zero attached hydrogens (tertiary/aromatic N) is 2. The Balaban J connectivity index is 1.47. The summed E-state index contributed by atoms with van der Waals surface area (Å²) >= 11 is 0. The molecule has 1 saturated carbocycles. The van der Waals surface area contributed by atoms with Crippen LogP contribution in [0.5, 0.6) is 5.88 Å². The lowest BCUT2D eigenvalue weighted by atomic mass is 9.80. The number of hydrogen-bond acceptors (Lipinski definition) is 4. The second kappa shape index (κ2) is 8.66. The predicted octanol–water partition coefficient (Wildman–Crippen LogP) is 4.83. The van der Waals surface area contributed by atoms with Gasteiger partial charge in [0.2, 0.25) is 5.88 Å². The van der Waals surface area contributed by atoms with Gasteiger partial charge in [-0.15, -0.1) is 5.92 Å². The molecule has 1 heterocycles. The fourth-order valence-electron chi connectivity index (χ4n) is 5.10. The minimum absolute atomic E-state index is 0.287. The zero-order valence-corrected chi connectivity index (χ0v) is 17.5. The molecule has 1 atom stereocenters. The molecule has 0 aromatic carbocycles. The van der Waals surface area contributed by atoms with E-state index in [4.69, 9.17) is 9.47 Å². The van der Waals surface area contributed by atoms with Crippen molar-refractivity contribution in [3.63, 3.8) is 0 Å². The van der Waals surface area contributed by atoms with Gasteiger partial charge in [0.25, 0.3) is 0 Å². The zero-order valence-electron chi connectivity index (χ0n) is 17.5. The third-order valence-corrected chi connectivity index (χ3v) is 6.73. The molecule has 0 saturated heterocycles. The van der Waals surface area contributed by atoms with E-state index >= 15 is 0 Å². The number of allylic oxidation sites excluding steroid dienone is 1. The number of ether oxygens (including phenoxy) is 2. The van der Waals surface area contributed by atoms with E-state index in [9.17, 15) is 0 Å². The molecule has 1 aromatic heterocycles. The molecule has 4 heteroatoms. The third-order valence-electron chi connectivity index (χ3n) is 6.73. The molecule has 0 aliphatic heterocycles. The van der Waals surface area contributed by atoms with E-state index in [-0.39, 0.29) is 6.10 Å². The Hall–Kier alpha value is -1.86. The molecule has 150 valence electrons. The zero-order chi connectivity index (χ0) is 19.5. The number of aromatic nitrogens is 2. The van der Waals surface area contributed by atoms with Crippen LogP contribution in [-0.2, 0) is 11.2 Å². The first-order chi connectivity index (χ1) is 13.7. The van der Waals surface area contributed by atoms with Crippen molar-refractivity contribution in [3.8, 4) is 17.7 Å². The monoisotopic (exact) mass is 380 g/mol. The summed E-state index contributed by atoms with van der Waals surface area (Å²) in [7, 11) is 0. The minimum Gasteiger partial charge on any atom is -0.474 e. The maximum atomic E-state index is 6.48. The summed E-state index contributed by atoms with van der Waals surface area (Å²) in [4.78, 5) is 9.15. The van der Waals surface area contributed by atoms with E-state index in [0.29, 0.717) is 12.5 Å². The van der Waals surface area contributed by atoms with Gasteiger partial charge in [0.15, 0.2) is 0 Å². The molecule has 0 amide bonds. The Labute approximate surface area is 169 Å². The van der Waals surface area contributed by atoms with E-state index in [1.165, 1.54) is 29.6 Å². The second-order valence-corrected chi connectivity index (χ2v) is 8.77. The van der Waals surface area contributed by atoms with Crippen LogP contribution >= 0.6 is 0 Å². The fourth-order valence-corrected chi connectivity index (χ4v) is 5.10. The third kappa shape index (κ3) is 3.96. The van der Waals surface area contributed by atoms with Crippen LogP contribution in [0.4, 0.5) is 0 Å². The van der Waals surface area contributed by atoms with Crippen LogP contribution in [0.3, 0.4) is 0 Å². The van der Waals surface area contributed by atoms with Gasteiger partial charge in [0.1, 0.15) is 19.0 Å². The van der Waals surface area contributed by atoms with Crippen molar-refractivity contribution in [2.45, 2.75) is 71.8 Å². The van der Waals surface area contributed by atoms with Crippen molar-refractivity contribution in [3.05, 3.63) is 23.2 Å². The van der Waals surface area contributed by atoms with Crippen LogP contribution < -0.4 is 4.74 Å². The number of rotatable bonds is 6. The van der Waals surface area contributed by atoms with Crippen LogP contribution in [0, 0.1) is 29.6 Å². The van der Waals surface area contributed by atoms with Gasteiger partial charge < -0.3 is 9.47 Å². The van der Waals surface area contributed by atoms with Crippen molar-refractivity contribution in [1.29, 1.82) is 0 Å². The average Bonchev–Trinajstić information content (AvgIpc) is 3.25. The molecule has 4 rings (SSSR count). The Kier molecular flexibility index (Phi) is 6.01. The first-order valence-electron chi connectivity index (χ1n) is 10.9. The van der Waals surface area contributed by atoms with Gasteiger partial charge in [-0.3, -0.25) is 0 Å². The Morgan fingerprint density at radius 2 is 1.96 bits per heavy atom. The van der Waals surface area contributed by atoms with E-state index < -0.39 is 0 Å². The molecular formula is C24H32N2O2. The molecule has 0 spiro atoms. The van der Waals surface area contributed by atoms with Crippen molar-refractivity contribution >= 4 is 5.57 Å². The van der Waals surface area contributed by atoms with Gasteiger partial charge in [-0.25, -0.2) is 9.97 Å². The summed E-state index contributed by atoms with van der Waals surface area (Å²) in [5.41, 5.74) is 5.24. The Morgan fingerprint density at radius 3 is 2.71 bits per heavy atom. The smallest absolute Gasteiger partial charge is 0.224 e. The maximum Gasteiger partial charge on any atom is 0.224 e. The largest absolute Gasteiger partial charge is 0.474 e. The molecule has 0 unspecified atom stereocenters. The van der Waals surface area contributed by atoms with Crippen LogP contribution in [0.15, 0.2) is 11.9 Å². The summed E-state index contributed by atoms with van der Waals surface area (Å²) in [6.45, 7) is 7.76. The summed E-state index contributed by atoms with van der Waals surface area (Å²) in [5, 5.41) is 0. The van der Waals surface area contributed by atoms with Crippen molar-refractivity contribution in [2.75, 3.05) is 13.2 Å². The van der Waals surface area contributed by atoms with E-state index in [0.717, 1.165) is 62.1 Å². The second-order valence-electron chi connectivity index (χ2n) is 8.77. The van der Waals surface area contributed by atoms with Crippen molar-refractivity contribution in [2.24, 2.45) is 17.8 Å². The topological polar surface area (TPSA) is 44.2 Å². The standard InChI is InChI=1S/C24H32N2O2/c1-4-5-12-27-14-19-7-6-18-13-21-23(22(18)19)24(26-15-25-21)28-20-10-8-17(9-11-20)16(2)3/h15-17,19-20H,6-14H2,1-3H3/t17?,19-,20?/m1/s1. The maximum absolute atomic E-state index is 6.48. The lowest BCUT2D eigenvalue weighted by molar-refractivity contribution is 0.111. The fraction of sp³-hybridized carbons (Fsp3) is 0.667. The molecule has 3 aliphatic carbocycles. The van der Waals surface area contributed by atoms with Crippen LogP contribution in [0.2, 0.25) is 0 Å². The average molecular weight is 381 g/mol. The van der Waals surface area contributed by atoms with Gasteiger partial charge in [-0.05, 0) is 62.9 Å². The summed E-state index contributed by atoms with van der Waals surface area (Å²) in [6, 6.07) is 0. The van der Waals surface area contributed by atoms with E-state index in [1.54, 1.807) is 6.33 Å². The molecule has 0 bridgehead atoms. The molecule has 3 aliphatic rings. The lowest BCUT2D eigenvalue weighted by Crippen LogP contribution is -2.27. The van der Waals surface area contributed by atoms with Gasteiger partial charge in [-0.1, -0.05) is 25.3 Å². The highest BCUT2D eigenvalue weighted by Crippen LogP contribution is 2.49. The normalized spacial score (nSPS) is 26.1. The minimum atomic E-state index is 0.287. The molecule has 4 nitrogen and oxygen atoms in total. The quantitative estimate of drug-likeness (QED) is 0.524. The van der Waals surface area contributed by atoms with Crippen molar-refractivity contribution < 1.29 is 9.47 Å². The molecule has 0 N–H and O–H groups in total. The highest BCUT2D eigenvalue weighted by molar-refractivity contribution is 5.81. The molecule has 28 heavy (non-hydrogen) atoms. The Bertz CT molecular complexity index is 795. The molecule has 1 aromatic rings. The van der Waals surface area contributed by atoms with Gasteiger partial charge in [-0.2, -0.15) is 0 Å². The summed E-state index contributed by atoms with van der Waals surface area (Å²) in [6.07, 6.45) is 10.0. The summed E-state index contributed by atoms with van der Waals surface area (Å²) < 4.78 is 12.3. The van der Waals surface area contributed by atoms with Gasteiger partial charge in [0.05, 0.1) is 17.9 Å². The van der Waals surface area contributed by atoms with E-state index in [1.807, 2.05) is 6.92 Å². The van der Waals surface area contributed by atoms with Gasteiger partial charge in [0, 0.05) is 12.3 Å². The summed E-state index contributed by atoms with van der Waals surface area (Å²) in [5.74, 6) is 8.72. The number of fused-ring (bicyclic) bond motifs is 2. The Morgan fingerprint density at radius 1 is 1.14 bits per heavy atom. The first-order valence-corrected chi connectivity index (χ1v) is 10.9. The van der Waals surface area contributed by atoms with Gasteiger partial charge >= 0.3 is 0 Å². The first kappa shape index (κ1) is 19.5. The van der Waals surface area contributed by atoms with Crippen LogP contribution in [0.25, 0.3) is 5.57 Å². The van der Waals surface area contributed by atoms with Crippen molar-refractivity contribution in [1.82, 2.24) is 9.97 Å². The lowest BCUT2D eigenvalue weighted by Gasteiger charge is -2.31. The molecule has 1 fully saturated rings. The highest BCUT2D eigenvalue weighted by atomic mass is 16.5. The SMILES string of the molecule is CC#CCOC[C@H]1CCC2=C1c1c(ncnc1OC1CCC(C(C)C)CC1)C2. The highest BCUT2D eigenvalue weighted by Gasteiger charge is 2.37. The van der Waals surface area contributed by atoms with E-state index in [2.05, 4.69) is 35.7 Å².